The fraction of sp³-hybridized carbons (Fsp3) is 0.200. The number of rotatable bonds is 4. The van der Waals surface area contributed by atoms with Crippen LogP contribution in [0.5, 0.6) is 0 Å². The maximum atomic E-state index is 11.0. The molecule has 0 fully saturated rings. The number of hydrogen-bond acceptors (Lipinski definition) is 3. The van der Waals surface area contributed by atoms with E-state index < -0.39 is 0 Å². The molecule has 6 heteroatoms. The highest BCUT2D eigenvalue weighted by Crippen LogP contribution is 2.28. The molecular weight excluding hydrogens is 400 g/mol. The van der Waals surface area contributed by atoms with Crippen LogP contribution in [0.2, 0.25) is 0 Å². The van der Waals surface area contributed by atoms with Gasteiger partial charge in [0.15, 0.2) is 0 Å². The van der Waals surface area contributed by atoms with E-state index in [9.17, 15) is 10.1 Å². The molecule has 21 heavy (non-hydrogen) atoms. The van der Waals surface area contributed by atoms with Gasteiger partial charge in [0.25, 0.3) is 5.69 Å². The van der Waals surface area contributed by atoms with E-state index in [1.54, 1.807) is 13.0 Å². The zero-order chi connectivity index (χ0) is 15.6. The minimum atomic E-state index is -0.351. The predicted octanol–water partition coefficient (Wildman–Crippen LogP) is 5.35. The molecule has 2 aromatic carbocycles. The largest absolute Gasteiger partial charge is 0.381 e. The number of anilines is 1. The van der Waals surface area contributed by atoms with Crippen LogP contribution in [-0.2, 0) is 6.54 Å². The van der Waals surface area contributed by atoms with Crippen LogP contribution in [-0.4, -0.2) is 4.92 Å². The third-order valence-corrected chi connectivity index (χ3v) is 5.09. The van der Waals surface area contributed by atoms with E-state index in [1.165, 1.54) is 0 Å². The molecule has 0 aliphatic rings. The summed E-state index contributed by atoms with van der Waals surface area (Å²) in [5, 5.41) is 14.3. The van der Waals surface area contributed by atoms with Gasteiger partial charge in [0.2, 0.25) is 0 Å². The van der Waals surface area contributed by atoms with Crippen molar-refractivity contribution in [2.45, 2.75) is 20.4 Å². The van der Waals surface area contributed by atoms with Crippen molar-refractivity contribution in [1.29, 1.82) is 0 Å². The zero-order valence-electron chi connectivity index (χ0n) is 11.6. The van der Waals surface area contributed by atoms with Crippen molar-refractivity contribution in [2.75, 3.05) is 5.32 Å². The van der Waals surface area contributed by atoms with Crippen molar-refractivity contribution < 1.29 is 4.92 Å². The zero-order valence-corrected chi connectivity index (χ0v) is 14.8. The normalized spacial score (nSPS) is 10.5. The van der Waals surface area contributed by atoms with E-state index in [0.29, 0.717) is 12.1 Å². The van der Waals surface area contributed by atoms with Crippen molar-refractivity contribution in [3.8, 4) is 0 Å². The summed E-state index contributed by atoms with van der Waals surface area (Å²) in [6.07, 6.45) is 0. The van der Waals surface area contributed by atoms with Gasteiger partial charge in [0, 0.05) is 32.8 Å². The van der Waals surface area contributed by atoms with Crippen LogP contribution in [0.3, 0.4) is 0 Å². The topological polar surface area (TPSA) is 55.2 Å². The van der Waals surface area contributed by atoms with E-state index in [2.05, 4.69) is 37.2 Å². The van der Waals surface area contributed by atoms with Gasteiger partial charge in [0.05, 0.1) is 4.92 Å². The standard InChI is InChI=1S/C15H14Br2N2O2/c1-9-5-10(2)15(19(20)21)7-14(9)18-8-11-3-4-12(16)13(17)6-11/h3-7,18H,8H2,1-2H3. The SMILES string of the molecule is Cc1cc(C)c([N+](=O)[O-])cc1NCc1ccc(Br)c(Br)c1. The minimum absolute atomic E-state index is 0.139. The van der Waals surface area contributed by atoms with E-state index in [1.807, 2.05) is 31.2 Å². The van der Waals surface area contributed by atoms with Crippen LogP contribution in [0.1, 0.15) is 16.7 Å². The number of nitrogens with zero attached hydrogens (tertiary/aromatic N) is 1. The molecule has 0 atom stereocenters. The average molecular weight is 414 g/mol. The number of halogens is 2. The van der Waals surface area contributed by atoms with Gasteiger partial charge in [-0.1, -0.05) is 6.07 Å². The second-order valence-corrected chi connectivity index (χ2v) is 6.52. The highest BCUT2D eigenvalue weighted by molar-refractivity contribution is 9.13. The average Bonchev–Trinajstić information content (AvgIpc) is 2.41. The first-order valence-electron chi connectivity index (χ1n) is 6.32. The summed E-state index contributed by atoms with van der Waals surface area (Å²) in [4.78, 5) is 10.7. The lowest BCUT2D eigenvalue weighted by Crippen LogP contribution is -2.03. The fourth-order valence-corrected chi connectivity index (χ4v) is 2.75. The first-order chi connectivity index (χ1) is 9.88. The molecular formula is C15H14Br2N2O2. The number of aryl methyl sites for hydroxylation is 2. The van der Waals surface area contributed by atoms with Crippen LogP contribution in [0.4, 0.5) is 11.4 Å². The number of nitro groups is 1. The van der Waals surface area contributed by atoms with Gasteiger partial charge in [-0.25, -0.2) is 0 Å². The summed E-state index contributed by atoms with van der Waals surface area (Å²) in [5.74, 6) is 0. The molecule has 0 heterocycles. The van der Waals surface area contributed by atoms with Gasteiger partial charge in [0.1, 0.15) is 0 Å². The van der Waals surface area contributed by atoms with Crippen molar-refractivity contribution >= 4 is 43.2 Å². The monoisotopic (exact) mass is 412 g/mol. The quantitative estimate of drug-likeness (QED) is 0.542. The van der Waals surface area contributed by atoms with E-state index in [4.69, 9.17) is 0 Å². The number of hydrogen-bond donors (Lipinski definition) is 1. The number of benzene rings is 2. The van der Waals surface area contributed by atoms with Crippen LogP contribution in [0.15, 0.2) is 39.3 Å². The second kappa shape index (κ2) is 6.58. The lowest BCUT2D eigenvalue weighted by molar-refractivity contribution is -0.385. The summed E-state index contributed by atoms with van der Waals surface area (Å²) in [5.41, 5.74) is 3.68. The number of nitro benzene ring substituents is 1. The Morgan fingerprint density at radius 2 is 1.81 bits per heavy atom. The summed E-state index contributed by atoms with van der Waals surface area (Å²) < 4.78 is 1.97. The van der Waals surface area contributed by atoms with Gasteiger partial charge in [-0.2, -0.15) is 0 Å². The molecule has 0 unspecified atom stereocenters. The maximum Gasteiger partial charge on any atom is 0.274 e. The third kappa shape index (κ3) is 3.83. The molecule has 0 bridgehead atoms. The van der Waals surface area contributed by atoms with E-state index >= 15 is 0 Å². The van der Waals surface area contributed by atoms with Crippen molar-refractivity contribution in [3.05, 3.63) is 66.1 Å². The number of nitrogens with one attached hydrogen (secondary N) is 1. The Balaban J connectivity index is 2.21. The molecule has 2 rings (SSSR count). The van der Waals surface area contributed by atoms with Crippen LogP contribution >= 0.6 is 31.9 Å². The molecule has 0 radical (unpaired) electrons. The Labute approximate surface area is 140 Å². The van der Waals surface area contributed by atoms with E-state index in [0.717, 1.165) is 25.8 Å². The van der Waals surface area contributed by atoms with Crippen LogP contribution in [0.25, 0.3) is 0 Å². The van der Waals surface area contributed by atoms with Crippen LogP contribution in [0, 0.1) is 24.0 Å². The minimum Gasteiger partial charge on any atom is -0.381 e. The van der Waals surface area contributed by atoms with Gasteiger partial charge in [-0.15, -0.1) is 0 Å². The lowest BCUT2D eigenvalue weighted by Gasteiger charge is -2.11. The highest BCUT2D eigenvalue weighted by atomic mass is 79.9. The van der Waals surface area contributed by atoms with Gasteiger partial charge < -0.3 is 5.32 Å². The molecule has 0 saturated heterocycles. The van der Waals surface area contributed by atoms with Gasteiger partial charge >= 0.3 is 0 Å². The molecule has 0 aromatic heterocycles. The van der Waals surface area contributed by atoms with E-state index in [-0.39, 0.29) is 10.6 Å². The molecule has 110 valence electrons. The molecule has 0 aliphatic carbocycles. The maximum absolute atomic E-state index is 11.0. The second-order valence-electron chi connectivity index (χ2n) is 4.81. The van der Waals surface area contributed by atoms with Gasteiger partial charge in [-0.3, -0.25) is 10.1 Å². The summed E-state index contributed by atoms with van der Waals surface area (Å²) in [7, 11) is 0. The Bertz CT molecular complexity index is 702. The molecule has 2 aromatic rings. The molecule has 0 spiro atoms. The summed E-state index contributed by atoms with van der Waals surface area (Å²) in [6, 6.07) is 9.40. The van der Waals surface area contributed by atoms with Crippen LogP contribution < -0.4 is 5.32 Å². The molecule has 1 N–H and O–H groups in total. The Morgan fingerprint density at radius 3 is 2.43 bits per heavy atom. The molecule has 0 saturated carbocycles. The molecule has 0 amide bonds. The van der Waals surface area contributed by atoms with Crippen molar-refractivity contribution in [1.82, 2.24) is 0 Å². The highest BCUT2D eigenvalue weighted by Gasteiger charge is 2.13. The fourth-order valence-electron chi connectivity index (χ4n) is 2.07. The first kappa shape index (κ1) is 16.0. The summed E-state index contributed by atoms with van der Waals surface area (Å²) >= 11 is 6.89. The predicted molar refractivity (Wildman–Crippen MR) is 91.7 cm³/mol. The van der Waals surface area contributed by atoms with Crippen molar-refractivity contribution in [3.63, 3.8) is 0 Å². The molecule has 4 nitrogen and oxygen atoms in total. The van der Waals surface area contributed by atoms with Gasteiger partial charge in [-0.05, 0) is 75.0 Å². The summed E-state index contributed by atoms with van der Waals surface area (Å²) in [6.45, 7) is 4.30. The lowest BCUT2D eigenvalue weighted by atomic mass is 10.1. The third-order valence-electron chi connectivity index (χ3n) is 3.21. The Hall–Kier alpha value is -1.40. The van der Waals surface area contributed by atoms with Crippen molar-refractivity contribution in [2.24, 2.45) is 0 Å². The Morgan fingerprint density at radius 1 is 1.10 bits per heavy atom. The Kier molecular flexibility index (Phi) is 5.00. The smallest absolute Gasteiger partial charge is 0.274 e. The molecule has 0 aliphatic heterocycles. The first-order valence-corrected chi connectivity index (χ1v) is 7.90.